The van der Waals surface area contributed by atoms with Crippen LogP contribution in [0.5, 0.6) is 0 Å². The lowest BCUT2D eigenvalue weighted by atomic mass is 10.2. The van der Waals surface area contributed by atoms with Crippen LogP contribution in [-0.2, 0) is 0 Å². The first kappa shape index (κ1) is 17.2. The SMILES string of the molecule is O=C(NCCNc1ccccc1[N+](=O)[O-])c1cc(=O)c2ccccc2o1. The summed E-state index contributed by atoms with van der Waals surface area (Å²) in [6.07, 6.45) is 0. The third-order valence-electron chi connectivity index (χ3n) is 3.69. The molecule has 3 rings (SSSR count). The highest BCUT2D eigenvalue weighted by atomic mass is 16.6. The van der Waals surface area contributed by atoms with Crippen LogP contribution in [0.4, 0.5) is 11.4 Å². The summed E-state index contributed by atoms with van der Waals surface area (Å²) in [5.74, 6) is -0.614. The highest BCUT2D eigenvalue weighted by Gasteiger charge is 2.13. The Balaban J connectivity index is 1.62. The Morgan fingerprint density at radius 3 is 2.62 bits per heavy atom. The smallest absolute Gasteiger partial charge is 0.292 e. The van der Waals surface area contributed by atoms with E-state index in [-0.39, 0.29) is 30.0 Å². The lowest BCUT2D eigenvalue weighted by molar-refractivity contribution is -0.384. The third kappa shape index (κ3) is 3.69. The number of nitrogens with zero attached hydrogens (tertiary/aromatic N) is 1. The van der Waals surface area contributed by atoms with Gasteiger partial charge in [-0.05, 0) is 18.2 Å². The number of nitrogens with one attached hydrogen (secondary N) is 2. The maximum Gasteiger partial charge on any atom is 0.292 e. The molecule has 0 unspecified atom stereocenters. The Bertz CT molecular complexity index is 1030. The largest absolute Gasteiger partial charge is 0.451 e. The van der Waals surface area contributed by atoms with Crippen molar-refractivity contribution in [3.05, 3.63) is 80.7 Å². The van der Waals surface area contributed by atoms with Crippen molar-refractivity contribution >= 4 is 28.3 Å². The number of carbonyl (C=O) groups is 1. The summed E-state index contributed by atoms with van der Waals surface area (Å²) in [6, 6.07) is 14.0. The second kappa shape index (κ2) is 7.47. The molecule has 0 aliphatic heterocycles. The van der Waals surface area contributed by atoms with Crippen LogP contribution in [0.1, 0.15) is 10.6 Å². The van der Waals surface area contributed by atoms with Crippen LogP contribution >= 0.6 is 0 Å². The van der Waals surface area contributed by atoms with Crippen molar-refractivity contribution in [3.63, 3.8) is 0 Å². The lowest BCUT2D eigenvalue weighted by Gasteiger charge is -2.08. The number of anilines is 1. The molecule has 1 aromatic heterocycles. The number of rotatable bonds is 6. The number of benzene rings is 2. The summed E-state index contributed by atoms with van der Waals surface area (Å²) in [5.41, 5.74) is 0.363. The van der Waals surface area contributed by atoms with Crippen molar-refractivity contribution in [2.75, 3.05) is 18.4 Å². The van der Waals surface area contributed by atoms with E-state index >= 15 is 0 Å². The van der Waals surface area contributed by atoms with Crippen LogP contribution in [-0.4, -0.2) is 23.9 Å². The Morgan fingerprint density at radius 2 is 1.81 bits per heavy atom. The van der Waals surface area contributed by atoms with Gasteiger partial charge in [-0.15, -0.1) is 0 Å². The fourth-order valence-electron chi connectivity index (χ4n) is 2.46. The first-order valence-electron chi connectivity index (χ1n) is 7.84. The fraction of sp³-hybridized carbons (Fsp3) is 0.111. The highest BCUT2D eigenvalue weighted by Crippen LogP contribution is 2.22. The molecule has 0 saturated heterocycles. The summed E-state index contributed by atoms with van der Waals surface area (Å²) in [4.78, 5) is 34.6. The summed E-state index contributed by atoms with van der Waals surface area (Å²) in [6.45, 7) is 0.468. The molecule has 8 nitrogen and oxygen atoms in total. The van der Waals surface area contributed by atoms with E-state index in [1.54, 1.807) is 42.5 Å². The zero-order valence-electron chi connectivity index (χ0n) is 13.6. The summed E-state index contributed by atoms with van der Waals surface area (Å²) in [5, 5.41) is 16.8. The van der Waals surface area contributed by atoms with Gasteiger partial charge in [0.25, 0.3) is 11.6 Å². The van der Waals surface area contributed by atoms with Crippen molar-refractivity contribution in [1.29, 1.82) is 0 Å². The lowest BCUT2D eigenvalue weighted by Crippen LogP contribution is -2.29. The molecule has 2 aromatic carbocycles. The minimum Gasteiger partial charge on any atom is -0.451 e. The van der Waals surface area contributed by atoms with E-state index in [0.717, 1.165) is 6.07 Å². The van der Waals surface area contributed by atoms with Gasteiger partial charge in [-0.2, -0.15) is 0 Å². The minimum atomic E-state index is -0.530. The second-order valence-electron chi connectivity index (χ2n) is 5.43. The van der Waals surface area contributed by atoms with Gasteiger partial charge >= 0.3 is 0 Å². The van der Waals surface area contributed by atoms with Crippen LogP contribution in [0.25, 0.3) is 11.0 Å². The topological polar surface area (TPSA) is 114 Å². The molecule has 0 saturated carbocycles. The maximum atomic E-state index is 12.1. The number of hydrogen-bond donors (Lipinski definition) is 2. The van der Waals surface area contributed by atoms with Crippen molar-refractivity contribution in [3.8, 4) is 0 Å². The quantitative estimate of drug-likeness (QED) is 0.400. The molecule has 0 spiro atoms. The van der Waals surface area contributed by atoms with Crippen LogP contribution in [0.2, 0.25) is 0 Å². The first-order valence-corrected chi connectivity index (χ1v) is 7.84. The highest BCUT2D eigenvalue weighted by molar-refractivity contribution is 5.93. The van der Waals surface area contributed by atoms with Crippen molar-refractivity contribution in [2.24, 2.45) is 0 Å². The molecule has 0 aliphatic rings. The average molecular weight is 353 g/mol. The second-order valence-corrected chi connectivity index (χ2v) is 5.43. The first-order chi connectivity index (χ1) is 12.6. The fourth-order valence-corrected chi connectivity index (χ4v) is 2.46. The molecule has 0 atom stereocenters. The normalized spacial score (nSPS) is 10.5. The zero-order chi connectivity index (χ0) is 18.5. The predicted molar refractivity (Wildman–Crippen MR) is 96.4 cm³/mol. The van der Waals surface area contributed by atoms with Crippen molar-refractivity contribution < 1.29 is 14.1 Å². The number of para-hydroxylation sites is 3. The molecule has 1 heterocycles. The Kier molecular flexibility index (Phi) is 4.93. The van der Waals surface area contributed by atoms with Crippen LogP contribution in [0.15, 0.2) is 63.8 Å². The molecule has 26 heavy (non-hydrogen) atoms. The Hall–Kier alpha value is -3.68. The van der Waals surface area contributed by atoms with Crippen molar-refractivity contribution in [2.45, 2.75) is 0 Å². The Morgan fingerprint density at radius 1 is 1.08 bits per heavy atom. The maximum absolute atomic E-state index is 12.1. The standard InChI is InChI=1S/C18H15N3O5/c22-15-11-17(26-16-8-4-1-5-12(15)16)18(23)20-10-9-19-13-6-2-3-7-14(13)21(24)25/h1-8,11,19H,9-10H2,(H,20,23). The van der Waals surface area contributed by atoms with Gasteiger partial charge in [-0.3, -0.25) is 19.7 Å². The minimum absolute atomic E-state index is 0.0423. The average Bonchev–Trinajstić information content (AvgIpc) is 2.65. The van der Waals surface area contributed by atoms with E-state index in [4.69, 9.17) is 4.42 Å². The molecule has 0 radical (unpaired) electrons. The van der Waals surface area contributed by atoms with E-state index in [1.165, 1.54) is 6.07 Å². The van der Waals surface area contributed by atoms with Gasteiger partial charge in [-0.1, -0.05) is 24.3 Å². The zero-order valence-corrected chi connectivity index (χ0v) is 13.6. The molecule has 2 N–H and O–H groups in total. The number of nitro groups is 1. The van der Waals surface area contributed by atoms with E-state index < -0.39 is 10.8 Å². The van der Waals surface area contributed by atoms with Gasteiger partial charge in [0, 0.05) is 25.2 Å². The summed E-state index contributed by atoms with van der Waals surface area (Å²) in [7, 11) is 0. The molecule has 3 aromatic rings. The van der Waals surface area contributed by atoms with Gasteiger partial charge < -0.3 is 15.1 Å². The van der Waals surface area contributed by atoms with Crippen LogP contribution < -0.4 is 16.1 Å². The van der Waals surface area contributed by atoms with Gasteiger partial charge in [0.2, 0.25) is 0 Å². The monoisotopic (exact) mass is 353 g/mol. The molecule has 8 heteroatoms. The van der Waals surface area contributed by atoms with Gasteiger partial charge in [-0.25, -0.2) is 0 Å². The third-order valence-corrected chi connectivity index (χ3v) is 3.69. The molecule has 1 amide bonds. The van der Waals surface area contributed by atoms with Crippen LogP contribution in [0.3, 0.4) is 0 Å². The van der Waals surface area contributed by atoms with Gasteiger partial charge in [0.15, 0.2) is 11.2 Å². The van der Waals surface area contributed by atoms with E-state index in [2.05, 4.69) is 10.6 Å². The number of fused-ring (bicyclic) bond motifs is 1. The molecule has 132 valence electrons. The molecular weight excluding hydrogens is 338 g/mol. The number of carbonyl (C=O) groups excluding carboxylic acids is 1. The van der Waals surface area contributed by atoms with E-state index in [1.807, 2.05) is 0 Å². The summed E-state index contributed by atoms with van der Waals surface area (Å²) < 4.78 is 5.45. The predicted octanol–water partition coefficient (Wildman–Crippen LogP) is 2.54. The van der Waals surface area contributed by atoms with Crippen LogP contribution in [0, 0.1) is 10.1 Å². The number of amides is 1. The summed E-state index contributed by atoms with van der Waals surface area (Å²) >= 11 is 0. The molecule has 0 fully saturated rings. The van der Waals surface area contributed by atoms with E-state index in [0.29, 0.717) is 16.7 Å². The van der Waals surface area contributed by atoms with Gasteiger partial charge in [0.05, 0.1) is 10.3 Å². The van der Waals surface area contributed by atoms with E-state index in [9.17, 15) is 19.7 Å². The Labute approximate surface area is 147 Å². The van der Waals surface area contributed by atoms with Crippen molar-refractivity contribution in [1.82, 2.24) is 5.32 Å². The molecular formula is C18H15N3O5. The molecule has 0 aliphatic carbocycles. The number of hydrogen-bond acceptors (Lipinski definition) is 6. The van der Waals surface area contributed by atoms with Gasteiger partial charge in [0.1, 0.15) is 11.3 Å². The number of nitro benzene ring substituents is 1. The molecule has 0 bridgehead atoms.